The van der Waals surface area contributed by atoms with Gasteiger partial charge in [0.15, 0.2) is 0 Å². The molecule has 0 amide bonds. The van der Waals surface area contributed by atoms with Crippen molar-refractivity contribution in [3.05, 3.63) is 49.6 Å². The molecule has 0 aliphatic heterocycles. The van der Waals surface area contributed by atoms with Gasteiger partial charge in [0.05, 0.1) is 4.88 Å². The maximum Gasteiger partial charge on any atom is 0.124 e. The average Bonchev–Trinajstić information content (AvgIpc) is 2.81. The zero-order valence-electron chi connectivity index (χ0n) is 10.6. The Morgan fingerprint density at radius 3 is 2.89 bits per heavy atom. The molecule has 2 rings (SSSR count). The maximum absolute atomic E-state index is 6.03. The molecule has 1 aromatic heterocycles. The Bertz CT molecular complexity index is 544. The van der Waals surface area contributed by atoms with E-state index in [0.29, 0.717) is 6.61 Å². The van der Waals surface area contributed by atoms with Gasteiger partial charge in [-0.05, 0) is 52.1 Å². The number of hydrogen-bond acceptors (Lipinski definition) is 3. The van der Waals surface area contributed by atoms with Crippen LogP contribution in [-0.4, -0.2) is 6.54 Å². The molecule has 0 atom stereocenters. The van der Waals surface area contributed by atoms with E-state index in [-0.39, 0.29) is 0 Å². The van der Waals surface area contributed by atoms with Gasteiger partial charge >= 0.3 is 0 Å². The summed E-state index contributed by atoms with van der Waals surface area (Å²) in [5.74, 6) is 0.880. The van der Waals surface area contributed by atoms with Crippen LogP contribution in [0.2, 0.25) is 5.02 Å². The standard InChI is InChI=1S/C14H15BrClNOS/c1-2-17-8-10-7-11(16)3-4-13(10)18-9-14-12(15)5-6-19-14/h3-7,17H,2,8-9H2,1H3. The van der Waals surface area contributed by atoms with Crippen LogP contribution < -0.4 is 10.1 Å². The van der Waals surface area contributed by atoms with Crippen molar-refractivity contribution in [2.24, 2.45) is 0 Å². The van der Waals surface area contributed by atoms with Crippen LogP contribution in [0.5, 0.6) is 5.75 Å². The van der Waals surface area contributed by atoms with Crippen molar-refractivity contribution >= 4 is 38.9 Å². The molecule has 0 saturated carbocycles. The summed E-state index contributed by atoms with van der Waals surface area (Å²) in [6.45, 7) is 4.33. The molecule has 0 unspecified atom stereocenters. The van der Waals surface area contributed by atoms with Crippen LogP contribution in [0, 0.1) is 0 Å². The normalized spacial score (nSPS) is 10.7. The molecule has 19 heavy (non-hydrogen) atoms. The van der Waals surface area contributed by atoms with Crippen LogP contribution in [0.3, 0.4) is 0 Å². The fourth-order valence-electron chi connectivity index (χ4n) is 1.66. The lowest BCUT2D eigenvalue weighted by molar-refractivity contribution is 0.305. The number of halogens is 2. The summed E-state index contributed by atoms with van der Waals surface area (Å²) in [5.41, 5.74) is 1.09. The van der Waals surface area contributed by atoms with Crippen molar-refractivity contribution in [1.29, 1.82) is 0 Å². The van der Waals surface area contributed by atoms with Gasteiger partial charge in [0, 0.05) is 21.6 Å². The smallest absolute Gasteiger partial charge is 0.124 e. The molecule has 0 bridgehead atoms. The lowest BCUT2D eigenvalue weighted by Crippen LogP contribution is -2.12. The quantitative estimate of drug-likeness (QED) is 0.795. The van der Waals surface area contributed by atoms with E-state index in [1.165, 1.54) is 4.88 Å². The molecule has 5 heteroatoms. The second-order valence-electron chi connectivity index (χ2n) is 4.01. The molecule has 1 aromatic carbocycles. The van der Waals surface area contributed by atoms with Gasteiger partial charge in [-0.15, -0.1) is 11.3 Å². The third kappa shape index (κ3) is 4.21. The Hall–Kier alpha value is -0.550. The van der Waals surface area contributed by atoms with Gasteiger partial charge in [-0.25, -0.2) is 0 Å². The topological polar surface area (TPSA) is 21.3 Å². The maximum atomic E-state index is 6.03. The summed E-state index contributed by atoms with van der Waals surface area (Å²) in [5, 5.41) is 6.07. The SMILES string of the molecule is CCNCc1cc(Cl)ccc1OCc1sccc1Br. The first-order chi connectivity index (χ1) is 9.20. The monoisotopic (exact) mass is 359 g/mol. The lowest BCUT2D eigenvalue weighted by Gasteiger charge is -2.12. The van der Waals surface area contributed by atoms with Crippen LogP contribution >= 0.6 is 38.9 Å². The van der Waals surface area contributed by atoms with Crippen LogP contribution in [0.25, 0.3) is 0 Å². The number of nitrogens with one attached hydrogen (secondary N) is 1. The van der Waals surface area contributed by atoms with Crippen molar-refractivity contribution in [2.75, 3.05) is 6.54 Å². The highest BCUT2D eigenvalue weighted by Gasteiger charge is 2.07. The third-order valence-electron chi connectivity index (χ3n) is 2.64. The van der Waals surface area contributed by atoms with Crippen molar-refractivity contribution in [2.45, 2.75) is 20.1 Å². The van der Waals surface area contributed by atoms with E-state index in [2.05, 4.69) is 28.2 Å². The van der Waals surface area contributed by atoms with Gasteiger partial charge in [-0.2, -0.15) is 0 Å². The van der Waals surface area contributed by atoms with Crippen LogP contribution in [0.1, 0.15) is 17.4 Å². The number of rotatable bonds is 6. The van der Waals surface area contributed by atoms with Gasteiger partial charge in [-0.3, -0.25) is 0 Å². The van der Waals surface area contributed by atoms with Gasteiger partial charge in [0.2, 0.25) is 0 Å². The fraction of sp³-hybridized carbons (Fsp3) is 0.286. The molecule has 1 N–H and O–H groups in total. The Balaban J connectivity index is 2.08. The molecule has 0 aliphatic rings. The second-order valence-corrected chi connectivity index (χ2v) is 6.30. The first-order valence-electron chi connectivity index (χ1n) is 6.04. The predicted octanol–water partition coefficient (Wildman–Crippen LogP) is 4.85. The summed E-state index contributed by atoms with van der Waals surface area (Å²) in [7, 11) is 0. The Kier molecular flexibility index (Phi) is 5.70. The van der Waals surface area contributed by atoms with E-state index < -0.39 is 0 Å². The molecule has 0 spiro atoms. The van der Waals surface area contributed by atoms with Gasteiger partial charge < -0.3 is 10.1 Å². The lowest BCUT2D eigenvalue weighted by atomic mass is 10.2. The van der Waals surface area contributed by atoms with Crippen molar-refractivity contribution in [1.82, 2.24) is 5.32 Å². The molecule has 0 fully saturated rings. The molecule has 2 aromatic rings. The zero-order chi connectivity index (χ0) is 13.7. The fourth-order valence-corrected chi connectivity index (χ4v) is 3.23. The van der Waals surface area contributed by atoms with Crippen molar-refractivity contribution < 1.29 is 4.74 Å². The van der Waals surface area contributed by atoms with Crippen LogP contribution in [0.4, 0.5) is 0 Å². The molecule has 0 aliphatic carbocycles. The Labute approximate surface area is 130 Å². The van der Waals surface area contributed by atoms with E-state index in [9.17, 15) is 0 Å². The first kappa shape index (κ1) is 14.9. The average molecular weight is 361 g/mol. The largest absolute Gasteiger partial charge is 0.488 e. The number of ether oxygens (including phenoxy) is 1. The summed E-state index contributed by atoms with van der Waals surface area (Å²) in [6, 6.07) is 7.76. The highest BCUT2D eigenvalue weighted by Crippen LogP contribution is 2.27. The molecular formula is C14H15BrClNOS. The summed E-state index contributed by atoms with van der Waals surface area (Å²) in [6.07, 6.45) is 0. The minimum atomic E-state index is 0.568. The molecule has 2 nitrogen and oxygen atoms in total. The van der Waals surface area contributed by atoms with Crippen molar-refractivity contribution in [3.8, 4) is 5.75 Å². The van der Waals surface area contributed by atoms with Crippen molar-refractivity contribution in [3.63, 3.8) is 0 Å². The number of hydrogen-bond donors (Lipinski definition) is 1. The molecule has 0 saturated heterocycles. The van der Waals surface area contributed by atoms with Gasteiger partial charge in [0.1, 0.15) is 12.4 Å². The zero-order valence-corrected chi connectivity index (χ0v) is 13.7. The highest BCUT2D eigenvalue weighted by molar-refractivity contribution is 9.10. The minimum absolute atomic E-state index is 0.568. The minimum Gasteiger partial charge on any atom is -0.488 e. The Morgan fingerprint density at radius 2 is 2.21 bits per heavy atom. The summed E-state index contributed by atoms with van der Waals surface area (Å²) < 4.78 is 6.99. The van der Waals surface area contributed by atoms with Crippen LogP contribution in [0.15, 0.2) is 34.1 Å². The highest BCUT2D eigenvalue weighted by atomic mass is 79.9. The van der Waals surface area contributed by atoms with E-state index in [4.69, 9.17) is 16.3 Å². The third-order valence-corrected chi connectivity index (χ3v) is 4.77. The predicted molar refractivity (Wildman–Crippen MR) is 85.2 cm³/mol. The molecular weight excluding hydrogens is 346 g/mol. The second kappa shape index (κ2) is 7.29. The Morgan fingerprint density at radius 1 is 1.37 bits per heavy atom. The summed E-state index contributed by atoms with van der Waals surface area (Å²) in [4.78, 5) is 1.18. The van der Waals surface area contributed by atoms with Gasteiger partial charge in [-0.1, -0.05) is 18.5 Å². The molecule has 0 radical (unpaired) electrons. The number of benzene rings is 1. The first-order valence-corrected chi connectivity index (χ1v) is 8.09. The van der Waals surface area contributed by atoms with E-state index in [1.54, 1.807) is 11.3 Å². The van der Waals surface area contributed by atoms with Gasteiger partial charge in [0.25, 0.3) is 0 Å². The number of thiophene rings is 1. The van der Waals surface area contributed by atoms with E-state index >= 15 is 0 Å². The molecule has 102 valence electrons. The molecule has 1 heterocycles. The van der Waals surface area contributed by atoms with E-state index in [1.807, 2.05) is 29.6 Å². The van der Waals surface area contributed by atoms with E-state index in [0.717, 1.165) is 33.9 Å². The summed E-state index contributed by atoms with van der Waals surface area (Å²) >= 11 is 11.2. The van der Waals surface area contributed by atoms with Crippen LogP contribution in [-0.2, 0) is 13.2 Å².